The van der Waals surface area contributed by atoms with Crippen LogP contribution >= 0.6 is 0 Å². The summed E-state index contributed by atoms with van der Waals surface area (Å²) in [4.78, 5) is 1.41. The lowest BCUT2D eigenvalue weighted by atomic mass is 10.2. The van der Waals surface area contributed by atoms with Gasteiger partial charge in [0.15, 0.2) is 0 Å². The first kappa shape index (κ1) is 18.0. The fourth-order valence-electron chi connectivity index (χ4n) is 2.16. The van der Waals surface area contributed by atoms with Crippen molar-refractivity contribution in [3.63, 3.8) is 0 Å². The first-order chi connectivity index (χ1) is 9.81. The Labute approximate surface area is 124 Å². The second kappa shape index (κ2) is 8.44. The predicted molar refractivity (Wildman–Crippen MR) is 76.9 cm³/mol. The topological polar surface area (TPSA) is 28.4 Å². The fourth-order valence-corrected chi connectivity index (χ4v) is 2.16. The number of hydrogen-bond donors (Lipinski definition) is 1. The van der Waals surface area contributed by atoms with Crippen LogP contribution in [0.2, 0.25) is 0 Å². The third-order valence-electron chi connectivity index (χ3n) is 3.01. The number of nitrogens with one attached hydrogen (secondary N) is 1. The van der Waals surface area contributed by atoms with Gasteiger partial charge in [0.05, 0.1) is 19.4 Å². The molecule has 1 heterocycles. The summed E-state index contributed by atoms with van der Waals surface area (Å²) in [6.45, 7) is 7.28. The van der Waals surface area contributed by atoms with E-state index in [9.17, 15) is 13.2 Å². The molecule has 6 heteroatoms. The van der Waals surface area contributed by atoms with Gasteiger partial charge in [0, 0.05) is 12.1 Å². The van der Waals surface area contributed by atoms with E-state index in [1.165, 1.54) is 4.90 Å². The minimum absolute atomic E-state index is 0.266. The highest BCUT2D eigenvalue weighted by atomic mass is 19.4. The molecular weight excluding hydrogens is 281 g/mol. The maximum Gasteiger partial charge on any atom is 0.401 e. The van der Waals surface area contributed by atoms with Crippen molar-refractivity contribution in [1.29, 1.82) is 0 Å². The molecule has 3 nitrogen and oxygen atoms in total. The highest BCUT2D eigenvalue weighted by molar-refractivity contribution is 5.17. The maximum atomic E-state index is 12.6. The van der Waals surface area contributed by atoms with Crippen molar-refractivity contribution in [1.82, 2.24) is 10.2 Å². The molecule has 1 rings (SSSR count). The van der Waals surface area contributed by atoms with E-state index in [0.29, 0.717) is 25.4 Å². The van der Waals surface area contributed by atoms with E-state index in [2.05, 4.69) is 19.2 Å². The molecule has 0 bridgehead atoms. The summed E-state index contributed by atoms with van der Waals surface area (Å²) in [6, 6.07) is 1.76. The summed E-state index contributed by atoms with van der Waals surface area (Å²) < 4.78 is 43.1. The van der Waals surface area contributed by atoms with E-state index in [1.54, 1.807) is 12.3 Å². The van der Waals surface area contributed by atoms with Crippen molar-refractivity contribution >= 4 is 0 Å². The highest BCUT2D eigenvalue weighted by Crippen LogP contribution is 2.20. The number of alkyl halides is 3. The summed E-state index contributed by atoms with van der Waals surface area (Å²) in [5.74, 6) is 1.24. The molecule has 21 heavy (non-hydrogen) atoms. The molecule has 0 fully saturated rings. The number of hydrogen-bond acceptors (Lipinski definition) is 3. The average Bonchev–Trinajstić information content (AvgIpc) is 2.74. The third-order valence-corrected chi connectivity index (χ3v) is 3.01. The Kier molecular flexibility index (Phi) is 7.25. The Balaban J connectivity index is 2.60. The molecule has 0 aliphatic carbocycles. The van der Waals surface area contributed by atoms with Crippen molar-refractivity contribution in [2.45, 2.75) is 46.5 Å². The zero-order valence-corrected chi connectivity index (χ0v) is 13.0. The van der Waals surface area contributed by atoms with Crippen LogP contribution in [0.5, 0.6) is 0 Å². The fraction of sp³-hybridized carbons (Fsp3) is 0.733. The Hall–Kier alpha value is -1.01. The standard InChI is InChI=1S/C15H25F3N2O/c1-4-6-20(11-15(16,17)18)10-13-5-7-21-14(13)9-19-8-12(2)3/h5,7,12,19H,4,6,8-11H2,1-3H3. The van der Waals surface area contributed by atoms with Crippen molar-refractivity contribution in [3.8, 4) is 0 Å². The predicted octanol–water partition coefficient (Wildman–Crippen LogP) is 3.80. The monoisotopic (exact) mass is 306 g/mol. The second-order valence-electron chi connectivity index (χ2n) is 5.72. The van der Waals surface area contributed by atoms with Crippen LogP contribution in [-0.4, -0.2) is 30.7 Å². The zero-order chi connectivity index (χ0) is 15.9. The quantitative estimate of drug-likeness (QED) is 0.752. The van der Waals surface area contributed by atoms with Crippen molar-refractivity contribution < 1.29 is 17.6 Å². The molecule has 0 saturated heterocycles. The molecule has 0 aromatic carbocycles. The summed E-state index contributed by atoms with van der Waals surface area (Å²) in [7, 11) is 0. The van der Waals surface area contributed by atoms with E-state index < -0.39 is 12.7 Å². The number of halogens is 3. The molecule has 122 valence electrons. The van der Waals surface area contributed by atoms with Gasteiger partial charge in [-0.2, -0.15) is 13.2 Å². The van der Waals surface area contributed by atoms with Gasteiger partial charge >= 0.3 is 6.18 Å². The van der Waals surface area contributed by atoms with E-state index in [1.807, 2.05) is 6.92 Å². The Morgan fingerprint density at radius 1 is 1.33 bits per heavy atom. The van der Waals surface area contributed by atoms with Gasteiger partial charge in [-0.3, -0.25) is 4.90 Å². The molecule has 0 radical (unpaired) electrons. The molecule has 0 aliphatic heterocycles. The Morgan fingerprint density at radius 2 is 2.05 bits per heavy atom. The third kappa shape index (κ3) is 7.52. The number of rotatable bonds is 9. The molecule has 0 saturated carbocycles. The molecule has 1 N–H and O–H groups in total. The number of furan rings is 1. The van der Waals surface area contributed by atoms with Crippen LogP contribution < -0.4 is 5.32 Å². The van der Waals surface area contributed by atoms with Crippen LogP contribution in [0.25, 0.3) is 0 Å². The van der Waals surface area contributed by atoms with Gasteiger partial charge in [-0.15, -0.1) is 0 Å². The van der Waals surface area contributed by atoms with Gasteiger partial charge in [-0.25, -0.2) is 0 Å². The molecule has 1 aromatic heterocycles. The van der Waals surface area contributed by atoms with Gasteiger partial charge in [0.2, 0.25) is 0 Å². The van der Waals surface area contributed by atoms with Crippen LogP contribution in [0.3, 0.4) is 0 Å². The molecule has 0 atom stereocenters. The largest absolute Gasteiger partial charge is 0.468 e. The lowest BCUT2D eigenvalue weighted by Gasteiger charge is -2.23. The van der Waals surface area contributed by atoms with E-state index >= 15 is 0 Å². The Morgan fingerprint density at radius 3 is 2.62 bits per heavy atom. The van der Waals surface area contributed by atoms with Gasteiger partial charge in [0.1, 0.15) is 5.76 Å². The minimum Gasteiger partial charge on any atom is -0.468 e. The smallest absolute Gasteiger partial charge is 0.401 e. The zero-order valence-electron chi connectivity index (χ0n) is 13.0. The first-order valence-electron chi connectivity index (χ1n) is 7.37. The van der Waals surface area contributed by atoms with Crippen LogP contribution in [0, 0.1) is 5.92 Å². The van der Waals surface area contributed by atoms with E-state index in [0.717, 1.165) is 17.9 Å². The molecule has 0 amide bonds. The molecular formula is C15H25F3N2O. The molecule has 1 aromatic rings. The van der Waals surface area contributed by atoms with E-state index in [-0.39, 0.29) is 6.54 Å². The minimum atomic E-state index is -4.17. The van der Waals surface area contributed by atoms with E-state index in [4.69, 9.17) is 4.42 Å². The summed E-state index contributed by atoms with van der Waals surface area (Å²) >= 11 is 0. The lowest BCUT2D eigenvalue weighted by Crippen LogP contribution is -2.34. The highest BCUT2D eigenvalue weighted by Gasteiger charge is 2.30. The number of nitrogens with zero attached hydrogens (tertiary/aromatic N) is 1. The Bertz CT molecular complexity index is 402. The van der Waals surface area contributed by atoms with Gasteiger partial charge in [-0.1, -0.05) is 20.8 Å². The molecule has 0 unspecified atom stereocenters. The van der Waals surface area contributed by atoms with Crippen LogP contribution in [0.1, 0.15) is 38.5 Å². The van der Waals surface area contributed by atoms with Gasteiger partial charge < -0.3 is 9.73 Å². The summed E-state index contributed by atoms with van der Waals surface area (Å²) in [6.07, 6.45) is -1.94. The second-order valence-corrected chi connectivity index (χ2v) is 5.72. The summed E-state index contributed by atoms with van der Waals surface area (Å²) in [5, 5.41) is 3.25. The van der Waals surface area contributed by atoms with Gasteiger partial charge in [0.25, 0.3) is 0 Å². The van der Waals surface area contributed by atoms with Crippen molar-refractivity contribution in [2.75, 3.05) is 19.6 Å². The molecule has 0 aliphatic rings. The normalized spacial score (nSPS) is 12.6. The average molecular weight is 306 g/mol. The van der Waals surface area contributed by atoms with Gasteiger partial charge in [-0.05, 0) is 31.5 Å². The van der Waals surface area contributed by atoms with Crippen LogP contribution in [0.15, 0.2) is 16.7 Å². The SMILES string of the molecule is CCCN(Cc1ccoc1CNCC(C)C)CC(F)(F)F. The van der Waals surface area contributed by atoms with Crippen LogP contribution in [-0.2, 0) is 13.1 Å². The van der Waals surface area contributed by atoms with Crippen LogP contribution in [0.4, 0.5) is 13.2 Å². The van der Waals surface area contributed by atoms with Crippen molar-refractivity contribution in [3.05, 3.63) is 23.7 Å². The maximum absolute atomic E-state index is 12.6. The lowest BCUT2D eigenvalue weighted by molar-refractivity contribution is -0.147. The first-order valence-corrected chi connectivity index (χ1v) is 7.37. The van der Waals surface area contributed by atoms with Crippen molar-refractivity contribution in [2.24, 2.45) is 5.92 Å². The summed E-state index contributed by atoms with van der Waals surface area (Å²) in [5.41, 5.74) is 0.823. The molecule has 0 spiro atoms.